The quantitative estimate of drug-likeness (QED) is 0.439. The summed E-state index contributed by atoms with van der Waals surface area (Å²) in [5.74, 6) is 0.794. The fourth-order valence-electron chi connectivity index (χ4n) is 3.97. The van der Waals surface area contributed by atoms with Gasteiger partial charge in [0.2, 0.25) is 5.91 Å². The standard InChI is InChI=1S/C27H29NO4S/c1-18-25(17-33-24-9-4-3-5-10-24)31-27(22-7-6-8-23(15-22)28-19(2)30)32-26(18)21-13-11-20(16-29)12-14-21/h3-15,18,25-27,29H,16-17H2,1-2H3,(H,28,30). The van der Waals surface area contributed by atoms with Gasteiger partial charge in [-0.3, -0.25) is 4.79 Å². The normalized spacial score (nSPS) is 22.6. The Morgan fingerprint density at radius 3 is 2.42 bits per heavy atom. The van der Waals surface area contributed by atoms with Crippen LogP contribution in [0.1, 0.15) is 42.9 Å². The number of nitrogens with one attached hydrogen (secondary N) is 1. The lowest BCUT2D eigenvalue weighted by atomic mass is 9.91. The Balaban J connectivity index is 1.60. The van der Waals surface area contributed by atoms with Gasteiger partial charge in [-0.1, -0.05) is 61.5 Å². The summed E-state index contributed by atoms with van der Waals surface area (Å²) in [6, 6.07) is 25.8. The Hall–Kier alpha value is -2.64. The Kier molecular flexibility index (Phi) is 7.83. The number of carbonyl (C=O) groups excluding carboxylic acids is 1. The van der Waals surface area contributed by atoms with Crippen molar-refractivity contribution in [3.05, 3.63) is 95.6 Å². The van der Waals surface area contributed by atoms with E-state index in [-0.39, 0.29) is 30.6 Å². The molecule has 1 aliphatic heterocycles. The van der Waals surface area contributed by atoms with Crippen LogP contribution >= 0.6 is 11.8 Å². The molecule has 0 spiro atoms. The predicted octanol–water partition coefficient (Wildman–Crippen LogP) is 5.72. The highest BCUT2D eigenvalue weighted by molar-refractivity contribution is 7.99. The van der Waals surface area contributed by atoms with Crippen molar-refractivity contribution in [3.8, 4) is 0 Å². The minimum atomic E-state index is -0.557. The van der Waals surface area contributed by atoms with Gasteiger partial charge in [0, 0.05) is 34.7 Å². The van der Waals surface area contributed by atoms with Crippen LogP contribution < -0.4 is 5.32 Å². The number of carbonyl (C=O) groups is 1. The van der Waals surface area contributed by atoms with Crippen LogP contribution in [-0.4, -0.2) is 22.9 Å². The maximum Gasteiger partial charge on any atom is 0.221 e. The van der Waals surface area contributed by atoms with Gasteiger partial charge in [0.15, 0.2) is 6.29 Å². The minimum absolute atomic E-state index is 0.0133. The number of aliphatic hydroxyl groups is 1. The molecule has 1 amide bonds. The summed E-state index contributed by atoms with van der Waals surface area (Å²) in [5, 5.41) is 12.2. The number of benzene rings is 3. The number of hydrogen-bond donors (Lipinski definition) is 2. The van der Waals surface area contributed by atoms with Crippen molar-refractivity contribution in [3.63, 3.8) is 0 Å². The maximum atomic E-state index is 11.5. The lowest BCUT2D eigenvalue weighted by molar-refractivity contribution is -0.268. The molecule has 0 radical (unpaired) electrons. The number of rotatable bonds is 7. The second kappa shape index (κ2) is 11.0. The van der Waals surface area contributed by atoms with Gasteiger partial charge in [0.25, 0.3) is 0 Å². The van der Waals surface area contributed by atoms with Gasteiger partial charge in [-0.05, 0) is 35.4 Å². The van der Waals surface area contributed by atoms with Crippen LogP contribution in [0.15, 0.2) is 83.8 Å². The molecule has 0 aromatic heterocycles. The molecule has 0 saturated carbocycles. The Morgan fingerprint density at radius 1 is 0.970 bits per heavy atom. The number of aliphatic hydroxyl groups excluding tert-OH is 1. The second-order valence-electron chi connectivity index (χ2n) is 8.25. The van der Waals surface area contributed by atoms with Crippen molar-refractivity contribution >= 4 is 23.4 Å². The first-order valence-corrected chi connectivity index (χ1v) is 12.1. The average Bonchev–Trinajstić information content (AvgIpc) is 2.84. The van der Waals surface area contributed by atoms with Crippen LogP contribution in [0.4, 0.5) is 5.69 Å². The third-order valence-corrected chi connectivity index (χ3v) is 6.86. The van der Waals surface area contributed by atoms with Gasteiger partial charge in [-0.25, -0.2) is 0 Å². The second-order valence-corrected chi connectivity index (χ2v) is 9.35. The molecule has 1 fully saturated rings. The summed E-state index contributed by atoms with van der Waals surface area (Å²) in [6.07, 6.45) is -0.762. The maximum absolute atomic E-state index is 11.5. The summed E-state index contributed by atoms with van der Waals surface area (Å²) in [5.41, 5.74) is 3.50. The lowest BCUT2D eigenvalue weighted by Gasteiger charge is -2.41. The summed E-state index contributed by atoms with van der Waals surface area (Å²) in [6.45, 7) is 3.66. The van der Waals surface area contributed by atoms with Crippen LogP contribution in [-0.2, 0) is 20.9 Å². The molecule has 4 rings (SSSR count). The summed E-state index contributed by atoms with van der Waals surface area (Å²) in [7, 11) is 0. The number of ether oxygens (including phenoxy) is 2. The predicted molar refractivity (Wildman–Crippen MR) is 131 cm³/mol. The first-order chi connectivity index (χ1) is 16.0. The molecule has 0 bridgehead atoms. The van der Waals surface area contributed by atoms with Crippen LogP contribution in [0.2, 0.25) is 0 Å². The molecule has 1 heterocycles. The Labute approximate surface area is 199 Å². The first-order valence-electron chi connectivity index (χ1n) is 11.1. The summed E-state index contributed by atoms with van der Waals surface area (Å²) in [4.78, 5) is 12.7. The summed E-state index contributed by atoms with van der Waals surface area (Å²) >= 11 is 1.77. The van der Waals surface area contributed by atoms with E-state index in [4.69, 9.17) is 9.47 Å². The molecule has 4 unspecified atom stereocenters. The van der Waals surface area contributed by atoms with Crippen LogP contribution in [0.5, 0.6) is 0 Å². The average molecular weight is 464 g/mol. The zero-order valence-electron chi connectivity index (χ0n) is 18.8. The topological polar surface area (TPSA) is 67.8 Å². The van der Waals surface area contributed by atoms with E-state index in [2.05, 4.69) is 24.4 Å². The third-order valence-electron chi connectivity index (χ3n) is 5.76. The van der Waals surface area contributed by atoms with E-state index >= 15 is 0 Å². The molecule has 4 atom stereocenters. The van der Waals surface area contributed by atoms with Gasteiger partial charge in [-0.15, -0.1) is 11.8 Å². The van der Waals surface area contributed by atoms with E-state index in [1.807, 2.05) is 66.7 Å². The van der Waals surface area contributed by atoms with Gasteiger partial charge < -0.3 is 19.9 Å². The van der Waals surface area contributed by atoms with E-state index < -0.39 is 6.29 Å². The summed E-state index contributed by atoms with van der Waals surface area (Å²) < 4.78 is 12.9. The molecular weight excluding hydrogens is 434 g/mol. The minimum Gasteiger partial charge on any atom is -0.392 e. The zero-order chi connectivity index (χ0) is 23.2. The highest BCUT2D eigenvalue weighted by atomic mass is 32.2. The van der Waals surface area contributed by atoms with Gasteiger partial charge in [0.05, 0.1) is 18.8 Å². The van der Waals surface area contributed by atoms with Gasteiger partial charge >= 0.3 is 0 Å². The Morgan fingerprint density at radius 2 is 1.73 bits per heavy atom. The highest BCUT2D eigenvalue weighted by Gasteiger charge is 2.38. The van der Waals surface area contributed by atoms with Crippen LogP contribution in [0, 0.1) is 5.92 Å². The monoisotopic (exact) mass is 463 g/mol. The zero-order valence-corrected chi connectivity index (χ0v) is 19.6. The number of thioether (sulfide) groups is 1. The molecular formula is C27H29NO4S. The molecule has 3 aromatic rings. The molecule has 33 heavy (non-hydrogen) atoms. The number of amides is 1. The molecule has 0 aliphatic carbocycles. The van der Waals surface area contributed by atoms with Crippen molar-refractivity contribution < 1.29 is 19.4 Å². The third kappa shape index (κ3) is 6.03. The van der Waals surface area contributed by atoms with Crippen molar-refractivity contribution in [2.45, 2.75) is 43.8 Å². The van der Waals surface area contributed by atoms with E-state index in [9.17, 15) is 9.90 Å². The van der Waals surface area contributed by atoms with E-state index in [1.54, 1.807) is 11.8 Å². The van der Waals surface area contributed by atoms with Crippen molar-refractivity contribution in [2.75, 3.05) is 11.1 Å². The smallest absolute Gasteiger partial charge is 0.221 e. The number of hydrogen-bond acceptors (Lipinski definition) is 5. The van der Waals surface area contributed by atoms with Crippen LogP contribution in [0.3, 0.4) is 0 Å². The fraction of sp³-hybridized carbons (Fsp3) is 0.296. The molecule has 1 saturated heterocycles. The number of anilines is 1. The van der Waals surface area contributed by atoms with E-state index in [0.717, 1.165) is 22.4 Å². The van der Waals surface area contributed by atoms with Crippen molar-refractivity contribution in [1.82, 2.24) is 0 Å². The Bertz CT molecular complexity index is 1060. The highest BCUT2D eigenvalue weighted by Crippen LogP contribution is 2.43. The molecule has 1 aliphatic rings. The lowest BCUT2D eigenvalue weighted by Crippen LogP contribution is -2.38. The van der Waals surface area contributed by atoms with Crippen LogP contribution in [0.25, 0.3) is 0 Å². The molecule has 172 valence electrons. The van der Waals surface area contributed by atoms with Gasteiger partial charge in [-0.2, -0.15) is 0 Å². The van der Waals surface area contributed by atoms with Gasteiger partial charge in [0.1, 0.15) is 0 Å². The SMILES string of the molecule is CC(=O)Nc1cccc(C2OC(CSc3ccccc3)C(C)C(c3ccc(CO)cc3)O2)c1. The molecule has 5 nitrogen and oxygen atoms in total. The largest absolute Gasteiger partial charge is 0.392 e. The molecule has 2 N–H and O–H groups in total. The van der Waals surface area contributed by atoms with Crippen molar-refractivity contribution in [1.29, 1.82) is 0 Å². The molecule has 3 aromatic carbocycles. The van der Waals surface area contributed by atoms with E-state index in [0.29, 0.717) is 5.69 Å². The van der Waals surface area contributed by atoms with Crippen molar-refractivity contribution in [2.24, 2.45) is 5.92 Å². The van der Waals surface area contributed by atoms with E-state index in [1.165, 1.54) is 11.8 Å². The fourth-order valence-corrected chi connectivity index (χ4v) is 5.06. The molecule has 6 heteroatoms. The first kappa shape index (κ1) is 23.5.